The summed E-state index contributed by atoms with van der Waals surface area (Å²) in [6.07, 6.45) is 2.74. The Labute approximate surface area is 173 Å². The number of carbonyl (C=O) groups is 1. The molecule has 2 aromatic rings. The fraction of sp³-hybridized carbons (Fsp3) is 0.200. The molecule has 2 atom stereocenters. The third-order valence-corrected chi connectivity index (χ3v) is 6.18. The van der Waals surface area contributed by atoms with Crippen molar-refractivity contribution >= 4 is 54.7 Å². The molecule has 0 bridgehead atoms. The zero-order valence-corrected chi connectivity index (χ0v) is 17.7. The lowest BCUT2D eigenvalue weighted by Crippen LogP contribution is -2.31. The summed E-state index contributed by atoms with van der Waals surface area (Å²) in [6.45, 7) is 0. The molecule has 1 heterocycles. The molecule has 7 heteroatoms. The number of hydrogen-bond donors (Lipinski definition) is 2. The summed E-state index contributed by atoms with van der Waals surface area (Å²) in [5.74, 6) is 0.423. The fourth-order valence-corrected chi connectivity index (χ4v) is 5.20. The summed E-state index contributed by atoms with van der Waals surface area (Å²) in [6, 6.07) is 11.8. The monoisotopic (exact) mass is 489 g/mol. The second-order valence-corrected chi connectivity index (χ2v) is 8.32. The SMILES string of the molecule is COc1c(Br)cc(C2=CC3=NNC(=O)C3C(c3ccc(N)cc3)C2)cc1Br. The summed E-state index contributed by atoms with van der Waals surface area (Å²) < 4.78 is 7.13. The van der Waals surface area contributed by atoms with E-state index in [0.29, 0.717) is 5.69 Å². The Morgan fingerprint density at radius 2 is 1.85 bits per heavy atom. The number of hydrazone groups is 1. The van der Waals surface area contributed by atoms with E-state index in [2.05, 4.69) is 42.4 Å². The maximum atomic E-state index is 12.4. The largest absolute Gasteiger partial charge is 0.494 e. The summed E-state index contributed by atoms with van der Waals surface area (Å²) in [5.41, 5.74) is 13.2. The minimum atomic E-state index is -0.275. The number of hydrogen-bond acceptors (Lipinski definition) is 4. The molecule has 5 nitrogen and oxygen atoms in total. The molecular formula is C20H17Br2N3O2. The molecule has 0 saturated carbocycles. The molecule has 2 unspecified atom stereocenters. The lowest BCUT2D eigenvalue weighted by atomic mass is 9.73. The lowest BCUT2D eigenvalue weighted by molar-refractivity contribution is -0.122. The van der Waals surface area contributed by atoms with Gasteiger partial charge in [0.2, 0.25) is 5.91 Å². The molecule has 4 rings (SSSR count). The van der Waals surface area contributed by atoms with Crippen molar-refractivity contribution < 1.29 is 9.53 Å². The Morgan fingerprint density at radius 1 is 1.19 bits per heavy atom. The van der Waals surface area contributed by atoms with Crippen molar-refractivity contribution in [3.63, 3.8) is 0 Å². The predicted octanol–water partition coefficient (Wildman–Crippen LogP) is 4.48. The predicted molar refractivity (Wildman–Crippen MR) is 114 cm³/mol. The minimum Gasteiger partial charge on any atom is -0.494 e. The first-order valence-corrected chi connectivity index (χ1v) is 10.0. The van der Waals surface area contributed by atoms with Gasteiger partial charge in [-0.2, -0.15) is 5.10 Å². The van der Waals surface area contributed by atoms with E-state index in [1.165, 1.54) is 0 Å². The second-order valence-electron chi connectivity index (χ2n) is 6.61. The molecule has 2 aromatic carbocycles. The molecule has 3 N–H and O–H groups in total. The maximum Gasteiger partial charge on any atom is 0.249 e. The molecule has 138 valence electrons. The first-order chi connectivity index (χ1) is 13.0. The maximum absolute atomic E-state index is 12.4. The average molecular weight is 491 g/mol. The van der Waals surface area contributed by atoms with Crippen LogP contribution in [0.25, 0.3) is 5.57 Å². The molecule has 2 aliphatic rings. The Hall–Kier alpha value is -2.12. The zero-order valence-electron chi connectivity index (χ0n) is 14.5. The number of nitrogens with two attached hydrogens (primary N) is 1. The first-order valence-electron chi connectivity index (χ1n) is 8.44. The van der Waals surface area contributed by atoms with E-state index < -0.39 is 0 Å². The van der Waals surface area contributed by atoms with E-state index in [9.17, 15) is 4.79 Å². The molecule has 0 spiro atoms. The Morgan fingerprint density at radius 3 is 2.48 bits per heavy atom. The highest BCUT2D eigenvalue weighted by Gasteiger charge is 2.40. The van der Waals surface area contributed by atoms with E-state index in [-0.39, 0.29) is 17.7 Å². The van der Waals surface area contributed by atoms with E-state index in [4.69, 9.17) is 10.5 Å². The lowest BCUT2D eigenvalue weighted by Gasteiger charge is -2.28. The third-order valence-electron chi connectivity index (χ3n) is 5.00. The highest BCUT2D eigenvalue weighted by molar-refractivity contribution is 9.11. The van der Waals surface area contributed by atoms with Gasteiger partial charge in [0.25, 0.3) is 0 Å². The van der Waals surface area contributed by atoms with Crippen molar-refractivity contribution in [3.05, 3.63) is 62.5 Å². The van der Waals surface area contributed by atoms with Crippen molar-refractivity contribution in [2.45, 2.75) is 12.3 Å². The van der Waals surface area contributed by atoms with Gasteiger partial charge in [-0.25, -0.2) is 5.43 Å². The number of methoxy groups -OCH3 is 1. The average Bonchev–Trinajstić information content (AvgIpc) is 3.02. The van der Waals surface area contributed by atoms with Crippen LogP contribution < -0.4 is 15.9 Å². The van der Waals surface area contributed by atoms with Crippen LogP contribution in [-0.2, 0) is 4.79 Å². The Kier molecular flexibility index (Phi) is 4.82. The summed E-state index contributed by atoms with van der Waals surface area (Å²) in [5, 5.41) is 4.25. The Balaban J connectivity index is 1.78. The van der Waals surface area contributed by atoms with Crippen LogP contribution in [0, 0.1) is 5.92 Å². The van der Waals surface area contributed by atoms with Gasteiger partial charge in [0.1, 0.15) is 5.75 Å². The van der Waals surface area contributed by atoms with Gasteiger partial charge in [-0.1, -0.05) is 12.1 Å². The minimum absolute atomic E-state index is 0.00602. The second kappa shape index (κ2) is 7.13. The van der Waals surface area contributed by atoms with Crippen LogP contribution >= 0.6 is 31.9 Å². The van der Waals surface area contributed by atoms with Crippen LogP contribution in [0.15, 0.2) is 56.5 Å². The molecular weight excluding hydrogens is 474 g/mol. The smallest absolute Gasteiger partial charge is 0.249 e. The van der Waals surface area contributed by atoms with Gasteiger partial charge in [-0.15, -0.1) is 0 Å². The zero-order chi connectivity index (χ0) is 19.1. The normalized spacial score (nSPS) is 21.2. The molecule has 0 radical (unpaired) electrons. The van der Waals surface area contributed by atoms with Gasteiger partial charge in [-0.05, 0) is 85.3 Å². The number of fused-ring (bicyclic) bond motifs is 1. The summed E-state index contributed by atoms with van der Waals surface area (Å²) in [7, 11) is 1.64. The summed E-state index contributed by atoms with van der Waals surface area (Å²) >= 11 is 7.13. The van der Waals surface area contributed by atoms with Crippen LogP contribution in [0.2, 0.25) is 0 Å². The van der Waals surface area contributed by atoms with Crippen LogP contribution in [0.1, 0.15) is 23.5 Å². The first kappa shape index (κ1) is 18.3. The van der Waals surface area contributed by atoms with Crippen molar-refractivity contribution in [2.75, 3.05) is 12.8 Å². The number of nitrogen functional groups attached to an aromatic ring is 1. The third kappa shape index (κ3) is 3.30. The van der Waals surface area contributed by atoms with Gasteiger partial charge in [0.15, 0.2) is 0 Å². The van der Waals surface area contributed by atoms with Gasteiger partial charge in [-0.3, -0.25) is 4.79 Å². The molecule has 1 amide bonds. The van der Waals surface area contributed by atoms with E-state index in [1.54, 1.807) is 7.11 Å². The standard InChI is InChI=1S/C20H17Br2N3O2/c1-27-19-15(21)7-12(8-16(19)22)11-6-14(10-2-4-13(23)5-3-10)18-17(9-11)24-25-20(18)26/h2-5,7-9,14,18H,6,23H2,1H3,(H,25,26). The number of amides is 1. The number of carbonyl (C=O) groups excluding carboxylic acids is 1. The molecule has 0 aromatic heterocycles. The van der Waals surface area contributed by atoms with Crippen LogP contribution in [0.5, 0.6) is 5.75 Å². The van der Waals surface area contributed by atoms with Crippen LogP contribution in [0.3, 0.4) is 0 Å². The molecule has 0 fully saturated rings. The van der Waals surface area contributed by atoms with E-state index in [1.807, 2.05) is 42.5 Å². The van der Waals surface area contributed by atoms with Gasteiger partial charge < -0.3 is 10.5 Å². The molecule has 0 saturated heterocycles. The number of allylic oxidation sites excluding steroid dienone is 2. The van der Waals surface area contributed by atoms with Crippen molar-refractivity contribution in [3.8, 4) is 5.75 Å². The number of nitrogens with zero attached hydrogens (tertiary/aromatic N) is 1. The summed E-state index contributed by atoms with van der Waals surface area (Å²) in [4.78, 5) is 12.4. The van der Waals surface area contributed by atoms with Crippen molar-refractivity contribution in [1.29, 1.82) is 0 Å². The van der Waals surface area contributed by atoms with E-state index >= 15 is 0 Å². The number of benzene rings is 2. The van der Waals surface area contributed by atoms with E-state index in [0.717, 1.165) is 43.5 Å². The molecule has 1 aliphatic heterocycles. The highest BCUT2D eigenvalue weighted by atomic mass is 79.9. The number of anilines is 1. The number of halogens is 2. The van der Waals surface area contributed by atoms with Crippen molar-refractivity contribution in [2.24, 2.45) is 11.0 Å². The molecule has 27 heavy (non-hydrogen) atoms. The van der Waals surface area contributed by atoms with Crippen LogP contribution in [0.4, 0.5) is 5.69 Å². The fourth-order valence-electron chi connectivity index (χ4n) is 3.69. The van der Waals surface area contributed by atoms with Gasteiger partial charge >= 0.3 is 0 Å². The quantitative estimate of drug-likeness (QED) is 0.623. The number of nitrogens with one attached hydrogen (secondary N) is 1. The topological polar surface area (TPSA) is 76.7 Å². The molecule has 1 aliphatic carbocycles. The number of ether oxygens (including phenoxy) is 1. The van der Waals surface area contributed by atoms with Gasteiger partial charge in [0, 0.05) is 11.6 Å². The van der Waals surface area contributed by atoms with Crippen LogP contribution in [-0.4, -0.2) is 18.7 Å². The highest BCUT2D eigenvalue weighted by Crippen LogP contribution is 2.44. The van der Waals surface area contributed by atoms with Crippen molar-refractivity contribution in [1.82, 2.24) is 5.43 Å². The number of rotatable bonds is 3. The Bertz CT molecular complexity index is 960. The van der Waals surface area contributed by atoms with Gasteiger partial charge in [0.05, 0.1) is 27.7 Å².